The number of nitrogens with zero attached hydrogens (tertiary/aromatic N) is 4. The number of benzene rings is 2. The number of aryl methyl sites for hydroxylation is 1. The van der Waals surface area contributed by atoms with Gasteiger partial charge in [-0.3, -0.25) is 4.79 Å². The highest BCUT2D eigenvalue weighted by Crippen LogP contribution is 2.30. The van der Waals surface area contributed by atoms with Crippen molar-refractivity contribution in [1.29, 1.82) is 0 Å². The van der Waals surface area contributed by atoms with E-state index in [9.17, 15) is 4.79 Å². The molecule has 0 saturated heterocycles. The van der Waals surface area contributed by atoms with E-state index in [0.29, 0.717) is 23.0 Å². The van der Waals surface area contributed by atoms with Crippen LogP contribution in [0.2, 0.25) is 0 Å². The van der Waals surface area contributed by atoms with Gasteiger partial charge in [-0.1, -0.05) is 55.9 Å². The van der Waals surface area contributed by atoms with E-state index in [1.165, 1.54) is 11.8 Å². The number of hydrogen-bond acceptors (Lipinski definition) is 6. The lowest BCUT2D eigenvalue weighted by atomic mass is 10.2. The van der Waals surface area contributed by atoms with Gasteiger partial charge in [-0.05, 0) is 31.0 Å². The van der Waals surface area contributed by atoms with Crippen LogP contribution < -0.4 is 10.1 Å². The summed E-state index contributed by atoms with van der Waals surface area (Å²) >= 11 is 1.33. The van der Waals surface area contributed by atoms with Crippen molar-refractivity contribution in [1.82, 2.24) is 19.7 Å². The van der Waals surface area contributed by atoms with Crippen LogP contribution in [0.15, 0.2) is 53.7 Å². The number of aromatic nitrogens is 4. The number of thioether (sulfide) groups is 1. The second-order valence-corrected chi connectivity index (χ2v) is 8.31. The minimum Gasteiger partial charge on any atom is -0.495 e. The van der Waals surface area contributed by atoms with Crippen molar-refractivity contribution >= 4 is 45.4 Å². The summed E-state index contributed by atoms with van der Waals surface area (Å²) in [7, 11) is 1.58. The Bertz CT molecular complexity index is 1220. The average Bonchev–Trinajstić information content (AvgIpc) is 3.11. The lowest BCUT2D eigenvalue weighted by Gasteiger charge is -2.15. The summed E-state index contributed by atoms with van der Waals surface area (Å²) in [5.41, 5.74) is 3.34. The number of anilines is 1. The molecule has 8 heteroatoms. The van der Waals surface area contributed by atoms with Crippen LogP contribution in [-0.4, -0.2) is 38.0 Å². The van der Waals surface area contributed by atoms with Gasteiger partial charge in [-0.2, -0.15) is 0 Å². The molecule has 1 unspecified atom stereocenters. The van der Waals surface area contributed by atoms with E-state index >= 15 is 0 Å². The number of ether oxygens (including phenoxy) is 1. The van der Waals surface area contributed by atoms with Crippen molar-refractivity contribution in [2.24, 2.45) is 0 Å². The van der Waals surface area contributed by atoms with E-state index < -0.39 is 0 Å². The molecule has 0 radical (unpaired) electrons. The van der Waals surface area contributed by atoms with Gasteiger partial charge < -0.3 is 14.6 Å². The molecule has 1 N–H and O–H groups in total. The minimum absolute atomic E-state index is 0.116. The van der Waals surface area contributed by atoms with Crippen molar-refractivity contribution < 1.29 is 9.53 Å². The Hall–Kier alpha value is -3.13. The molecule has 31 heavy (non-hydrogen) atoms. The van der Waals surface area contributed by atoms with Gasteiger partial charge in [0.1, 0.15) is 11.3 Å². The monoisotopic (exact) mass is 435 g/mol. The van der Waals surface area contributed by atoms with E-state index in [2.05, 4.69) is 33.1 Å². The maximum Gasteiger partial charge on any atom is 0.238 e. The van der Waals surface area contributed by atoms with E-state index in [1.54, 1.807) is 7.11 Å². The van der Waals surface area contributed by atoms with Crippen LogP contribution in [0.25, 0.3) is 22.1 Å². The fourth-order valence-electron chi connectivity index (χ4n) is 3.60. The third-order valence-electron chi connectivity index (χ3n) is 5.08. The molecule has 0 aliphatic rings. The summed E-state index contributed by atoms with van der Waals surface area (Å²) in [4.78, 5) is 17.7. The zero-order valence-electron chi connectivity index (χ0n) is 17.8. The molecule has 0 aliphatic heterocycles. The number of carbonyl (C=O) groups excluding carboxylic acids is 1. The lowest BCUT2D eigenvalue weighted by molar-refractivity contribution is -0.115. The third-order valence-corrected chi connectivity index (χ3v) is 6.29. The first kappa shape index (κ1) is 21.1. The first-order valence-electron chi connectivity index (χ1n) is 10.4. The summed E-state index contributed by atoms with van der Waals surface area (Å²) in [6.45, 7) is 4.96. The van der Waals surface area contributed by atoms with Crippen molar-refractivity contribution in [3.63, 3.8) is 0 Å². The molecule has 2 aromatic heterocycles. The Labute approximate surface area is 185 Å². The number of para-hydroxylation sites is 3. The first-order valence-corrected chi connectivity index (χ1v) is 11.3. The fraction of sp³-hybridized carbons (Fsp3) is 0.304. The molecule has 160 valence electrons. The van der Waals surface area contributed by atoms with Crippen molar-refractivity contribution in [2.75, 3.05) is 12.4 Å². The summed E-state index contributed by atoms with van der Waals surface area (Å²) in [5.74, 6) is 0.508. The van der Waals surface area contributed by atoms with Crippen LogP contribution in [0.1, 0.15) is 26.7 Å². The van der Waals surface area contributed by atoms with Crippen LogP contribution in [0.3, 0.4) is 0 Å². The van der Waals surface area contributed by atoms with Gasteiger partial charge in [0, 0.05) is 11.9 Å². The zero-order valence-corrected chi connectivity index (χ0v) is 18.6. The summed E-state index contributed by atoms with van der Waals surface area (Å²) in [6.07, 6.45) is 1.62. The summed E-state index contributed by atoms with van der Waals surface area (Å²) in [6, 6.07) is 15.5. The molecule has 4 aromatic rings. The molecule has 0 spiro atoms. The number of nitrogens with one attached hydrogen (secondary N) is 1. The minimum atomic E-state index is -0.354. The highest BCUT2D eigenvalue weighted by atomic mass is 32.2. The standard InChI is InChI=1S/C23H25N5O2S/c1-4-14-28-17-12-8-6-10-15(17)20-21(28)25-23(27-26-20)31-19(5-2)22(29)24-16-11-7-9-13-18(16)30-3/h6-13,19H,4-5,14H2,1-3H3,(H,24,29). The van der Waals surface area contributed by atoms with E-state index in [1.807, 2.05) is 49.4 Å². The van der Waals surface area contributed by atoms with Gasteiger partial charge >= 0.3 is 0 Å². The number of carbonyl (C=O) groups is 1. The lowest BCUT2D eigenvalue weighted by Crippen LogP contribution is -2.25. The molecule has 2 aromatic carbocycles. The topological polar surface area (TPSA) is 81.9 Å². The average molecular weight is 436 g/mol. The highest BCUT2D eigenvalue weighted by molar-refractivity contribution is 8.00. The second-order valence-electron chi connectivity index (χ2n) is 7.14. The number of methoxy groups -OCH3 is 1. The van der Waals surface area contributed by atoms with Gasteiger partial charge in [0.2, 0.25) is 11.1 Å². The summed E-state index contributed by atoms with van der Waals surface area (Å²) in [5, 5.41) is 12.9. The highest BCUT2D eigenvalue weighted by Gasteiger charge is 2.22. The Morgan fingerprint density at radius 3 is 2.68 bits per heavy atom. The Morgan fingerprint density at radius 2 is 1.90 bits per heavy atom. The van der Waals surface area contributed by atoms with Crippen molar-refractivity contribution in [3.8, 4) is 5.75 Å². The van der Waals surface area contributed by atoms with Gasteiger partial charge in [0.15, 0.2) is 5.65 Å². The van der Waals surface area contributed by atoms with Gasteiger partial charge in [-0.15, -0.1) is 10.2 Å². The van der Waals surface area contributed by atoms with Crippen LogP contribution >= 0.6 is 11.8 Å². The number of fused-ring (bicyclic) bond motifs is 3. The normalized spacial score (nSPS) is 12.2. The van der Waals surface area contributed by atoms with Crippen molar-refractivity contribution in [2.45, 2.75) is 43.6 Å². The van der Waals surface area contributed by atoms with Gasteiger partial charge in [0.25, 0.3) is 0 Å². The predicted octanol–water partition coefficient (Wildman–Crippen LogP) is 4.91. The SMILES string of the molecule is CCCn1c2ccccc2c2nnc(SC(CC)C(=O)Nc3ccccc3OC)nc21. The largest absolute Gasteiger partial charge is 0.495 e. The molecule has 0 fully saturated rings. The van der Waals surface area contributed by atoms with Gasteiger partial charge in [0.05, 0.1) is 23.6 Å². The molecule has 0 bridgehead atoms. The second kappa shape index (κ2) is 9.34. The zero-order chi connectivity index (χ0) is 21.8. The number of hydrogen-bond donors (Lipinski definition) is 1. The smallest absolute Gasteiger partial charge is 0.238 e. The first-order chi connectivity index (χ1) is 15.2. The fourth-order valence-corrected chi connectivity index (χ4v) is 4.41. The molecule has 4 rings (SSSR count). The number of rotatable bonds is 8. The van der Waals surface area contributed by atoms with Gasteiger partial charge in [-0.25, -0.2) is 4.98 Å². The van der Waals surface area contributed by atoms with Crippen LogP contribution in [0, 0.1) is 0 Å². The molecule has 7 nitrogen and oxygen atoms in total. The summed E-state index contributed by atoms with van der Waals surface area (Å²) < 4.78 is 7.51. The predicted molar refractivity (Wildman–Crippen MR) is 125 cm³/mol. The molecule has 1 atom stereocenters. The molecule has 1 amide bonds. The quantitative estimate of drug-likeness (QED) is 0.396. The van der Waals surface area contributed by atoms with E-state index in [4.69, 9.17) is 9.72 Å². The molecular formula is C23H25N5O2S. The van der Waals surface area contributed by atoms with E-state index in [-0.39, 0.29) is 11.2 Å². The maximum absolute atomic E-state index is 12.9. The molecule has 2 heterocycles. The Balaban J connectivity index is 1.62. The Kier molecular flexibility index (Phi) is 6.36. The molecule has 0 saturated carbocycles. The molecule has 0 aliphatic carbocycles. The number of amides is 1. The van der Waals surface area contributed by atoms with Crippen LogP contribution in [0.4, 0.5) is 5.69 Å². The van der Waals surface area contributed by atoms with E-state index in [0.717, 1.165) is 35.0 Å². The van der Waals surface area contributed by atoms with Crippen LogP contribution in [0.5, 0.6) is 5.75 Å². The molecular weight excluding hydrogens is 410 g/mol. The third kappa shape index (κ3) is 4.20. The maximum atomic E-state index is 12.9. The Morgan fingerprint density at radius 1 is 1.13 bits per heavy atom. The van der Waals surface area contributed by atoms with Crippen molar-refractivity contribution in [3.05, 3.63) is 48.5 Å². The van der Waals surface area contributed by atoms with Crippen LogP contribution in [-0.2, 0) is 11.3 Å².